The van der Waals surface area contributed by atoms with Gasteiger partial charge in [0.05, 0.1) is 0 Å². The maximum Gasteiger partial charge on any atom is 0.133 e. The van der Waals surface area contributed by atoms with Crippen LogP contribution in [0.25, 0.3) is 0 Å². The van der Waals surface area contributed by atoms with Crippen LogP contribution in [-0.2, 0) is 12.8 Å². The number of hydrogen-bond donors (Lipinski definition) is 1. The van der Waals surface area contributed by atoms with Crippen LogP contribution in [0.5, 0.6) is 0 Å². The van der Waals surface area contributed by atoms with Gasteiger partial charge in [-0.3, -0.25) is 0 Å². The van der Waals surface area contributed by atoms with Gasteiger partial charge in [-0.1, -0.05) is 34.1 Å². The number of aryl methyl sites for hydroxylation is 2. The average Bonchev–Trinajstić information content (AvgIpc) is 2.37. The quantitative estimate of drug-likeness (QED) is 0.942. The summed E-state index contributed by atoms with van der Waals surface area (Å²) in [4.78, 5) is 9.20. The first kappa shape index (κ1) is 14.2. The number of nitrogens with zero attached hydrogens (tertiary/aromatic N) is 2. The van der Waals surface area contributed by atoms with E-state index in [1.165, 1.54) is 11.1 Å². The molecule has 19 heavy (non-hydrogen) atoms. The summed E-state index contributed by atoms with van der Waals surface area (Å²) in [6.45, 7) is 4.70. The molecule has 1 aromatic carbocycles. The Bertz CT molecular complexity index is 558. The third-order valence-electron chi connectivity index (χ3n) is 3.17. The van der Waals surface area contributed by atoms with Crippen LogP contribution in [0.3, 0.4) is 0 Å². The van der Waals surface area contributed by atoms with Gasteiger partial charge in [-0.25, -0.2) is 9.97 Å². The van der Waals surface area contributed by atoms with E-state index in [2.05, 4.69) is 32.0 Å². The van der Waals surface area contributed by atoms with Crippen molar-refractivity contribution in [1.29, 1.82) is 0 Å². The first-order valence-electron chi connectivity index (χ1n) is 6.38. The topological polar surface area (TPSA) is 51.8 Å². The maximum absolute atomic E-state index is 5.62. The molecular weight excluding hydrogens is 302 g/mol. The number of halogens is 1. The molecule has 0 fully saturated rings. The Morgan fingerprint density at radius 2 is 1.74 bits per heavy atom. The van der Waals surface area contributed by atoms with Gasteiger partial charge in [0.2, 0.25) is 0 Å². The summed E-state index contributed by atoms with van der Waals surface area (Å²) >= 11 is 3.56. The Labute approximate surface area is 122 Å². The van der Waals surface area contributed by atoms with Gasteiger partial charge in [-0.05, 0) is 44.0 Å². The van der Waals surface area contributed by atoms with E-state index in [0.717, 1.165) is 34.5 Å². The minimum atomic E-state index is 0.634. The summed E-state index contributed by atoms with van der Waals surface area (Å²) in [5.74, 6) is 0.864. The molecule has 0 aliphatic rings. The van der Waals surface area contributed by atoms with Crippen molar-refractivity contribution in [3.63, 3.8) is 0 Å². The number of hydrogen-bond acceptors (Lipinski definition) is 3. The first-order chi connectivity index (χ1) is 9.11. The molecule has 2 N–H and O–H groups in total. The van der Waals surface area contributed by atoms with Crippen LogP contribution in [-0.4, -0.2) is 16.5 Å². The molecule has 0 unspecified atom stereocenters. The number of rotatable bonds is 4. The van der Waals surface area contributed by atoms with Crippen LogP contribution >= 0.6 is 15.9 Å². The fourth-order valence-electron chi connectivity index (χ4n) is 2.21. The predicted molar refractivity (Wildman–Crippen MR) is 81.2 cm³/mol. The first-order valence-corrected chi connectivity index (χ1v) is 7.17. The zero-order chi connectivity index (χ0) is 13.8. The van der Waals surface area contributed by atoms with Crippen molar-refractivity contribution in [2.24, 2.45) is 5.73 Å². The lowest BCUT2D eigenvalue weighted by atomic mass is 10.1. The molecule has 0 spiro atoms. The van der Waals surface area contributed by atoms with E-state index in [9.17, 15) is 0 Å². The molecule has 2 rings (SSSR count). The third-order valence-corrected chi connectivity index (χ3v) is 3.94. The molecule has 0 aliphatic heterocycles. The molecule has 1 aromatic heterocycles. The van der Waals surface area contributed by atoms with Crippen molar-refractivity contribution >= 4 is 15.9 Å². The Balaban J connectivity index is 2.30. The van der Waals surface area contributed by atoms with Gasteiger partial charge < -0.3 is 5.73 Å². The second-order valence-electron chi connectivity index (χ2n) is 4.60. The lowest BCUT2D eigenvalue weighted by molar-refractivity contribution is 0.850. The third kappa shape index (κ3) is 3.39. The Morgan fingerprint density at radius 3 is 2.32 bits per heavy atom. The van der Waals surface area contributed by atoms with Crippen LogP contribution in [0, 0.1) is 13.8 Å². The highest BCUT2D eigenvalue weighted by Crippen LogP contribution is 2.19. The average molecular weight is 320 g/mol. The summed E-state index contributed by atoms with van der Waals surface area (Å²) in [5, 5.41) is 0. The van der Waals surface area contributed by atoms with Crippen molar-refractivity contribution in [1.82, 2.24) is 9.97 Å². The summed E-state index contributed by atoms with van der Waals surface area (Å²) in [6, 6.07) is 8.17. The normalized spacial score (nSPS) is 10.7. The fourth-order valence-corrected chi connectivity index (χ4v) is 2.63. The summed E-state index contributed by atoms with van der Waals surface area (Å²) in [5.41, 5.74) is 10.1. The van der Waals surface area contributed by atoms with Gasteiger partial charge in [0.15, 0.2) is 0 Å². The van der Waals surface area contributed by atoms with E-state index >= 15 is 0 Å². The highest BCUT2D eigenvalue weighted by atomic mass is 79.9. The van der Waals surface area contributed by atoms with Crippen LogP contribution in [0.15, 0.2) is 28.7 Å². The Hall–Kier alpha value is -1.26. The standard InChI is InChI=1S/C15H18BrN3/c1-10-13(7-8-17)11(2)19-15(18-10)9-12-5-3-4-6-14(12)16/h3-6H,7-9,17H2,1-2H3. The SMILES string of the molecule is Cc1nc(Cc2ccccc2Br)nc(C)c1CCN. The van der Waals surface area contributed by atoms with Gasteiger partial charge in [0.1, 0.15) is 5.82 Å². The van der Waals surface area contributed by atoms with E-state index in [4.69, 9.17) is 5.73 Å². The molecule has 0 bridgehead atoms. The highest BCUT2D eigenvalue weighted by Gasteiger charge is 2.09. The monoisotopic (exact) mass is 319 g/mol. The molecule has 0 aliphatic carbocycles. The van der Waals surface area contributed by atoms with Gasteiger partial charge in [0.25, 0.3) is 0 Å². The summed E-state index contributed by atoms with van der Waals surface area (Å²) in [6.07, 6.45) is 1.58. The summed E-state index contributed by atoms with van der Waals surface area (Å²) < 4.78 is 1.10. The number of benzene rings is 1. The molecule has 0 amide bonds. The zero-order valence-corrected chi connectivity index (χ0v) is 12.9. The van der Waals surface area contributed by atoms with Crippen LogP contribution in [0.4, 0.5) is 0 Å². The molecule has 2 aromatic rings. The molecule has 0 saturated carbocycles. The van der Waals surface area contributed by atoms with Crippen molar-refractivity contribution in [3.8, 4) is 0 Å². The second kappa shape index (κ2) is 6.26. The van der Waals surface area contributed by atoms with E-state index in [1.807, 2.05) is 32.0 Å². The second-order valence-corrected chi connectivity index (χ2v) is 5.45. The largest absolute Gasteiger partial charge is 0.330 e. The van der Waals surface area contributed by atoms with E-state index in [1.54, 1.807) is 0 Å². The zero-order valence-electron chi connectivity index (χ0n) is 11.3. The van der Waals surface area contributed by atoms with Gasteiger partial charge in [0, 0.05) is 22.3 Å². The van der Waals surface area contributed by atoms with Crippen molar-refractivity contribution in [3.05, 3.63) is 57.1 Å². The summed E-state index contributed by atoms with van der Waals surface area (Å²) in [7, 11) is 0. The van der Waals surface area contributed by atoms with Gasteiger partial charge >= 0.3 is 0 Å². The minimum Gasteiger partial charge on any atom is -0.330 e. The Kier molecular flexibility index (Phi) is 4.66. The van der Waals surface area contributed by atoms with Crippen LogP contribution < -0.4 is 5.73 Å². The van der Waals surface area contributed by atoms with Crippen molar-refractivity contribution < 1.29 is 0 Å². The molecule has 1 heterocycles. The molecule has 0 saturated heterocycles. The molecule has 0 radical (unpaired) electrons. The van der Waals surface area contributed by atoms with E-state index in [0.29, 0.717) is 6.54 Å². The predicted octanol–water partition coefficient (Wildman–Crippen LogP) is 2.95. The Morgan fingerprint density at radius 1 is 1.11 bits per heavy atom. The molecule has 3 nitrogen and oxygen atoms in total. The van der Waals surface area contributed by atoms with Crippen molar-refractivity contribution in [2.75, 3.05) is 6.54 Å². The van der Waals surface area contributed by atoms with E-state index < -0.39 is 0 Å². The smallest absolute Gasteiger partial charge is 0.133 e. The highest BCUT2D eigenvalue weighted by molar-refractivity contribution is 9.10. The molecule has 0 atom stereocenters. The lowest BCUT2D eigenvalue weighted by Crippen LogP contribution is -2.10. The molecular formula is C15H18BrN3. The molecule has 100 valence electrons. The van der Waals surface area contributed by atoms with Crippen molar-refractivity contribution in [2.45, 2.75) is 26.7 Å². The number of nitrogens with two attached hydrogens (primary N) is 1. The maximum atomic E-state index is 5.62. The van der Waals surface area contributed by atoms with E-state index in [-0.39, 0.29) is 0 Å². The van der Waals surface area contributed by atoms with Crippen LogP contribution in [0.1, 0.15) is 28.3 Å². The minimum absolute atomic E-state index is 0.634. The van der Waals surface area contributed by atoms with Gasteiger partial charge in [-0.2, -0.15) is 0 Å². The molecule has 4 heteroatoms. The van der Waals surface area contributed by atoms with Crippen LogP contribution in [0.2, 0.25) is 0 Å². The van der Waals surface area contributed by atoms with Gasteiger partial charge in [-0.15, -0.1) is 0 Å². The fraction of sp³-hybridized carbons (Fsp3) is 0.333. The number of aromatic nitrogens is 2. The lowest BCUT2D eigenvalue weighted by Gasteiger charge is -2.10.